The van der Waals surface area contributed by atoms with Crippen molar-refractivity contribution in [2.45, 2.75) is 19.8 Å². The van der Waals surface area contributed by atoms with E-state index in [-0.39, 0.29) is 30.3 Å². The van der Waals surface area contributed by atoms with Gasteiger partial charge in [-0.1, -0.05) is 19.9 Å². The minimum Gasteiger partial charge on any atom is -0.497 e. The molecule has 2 amide bonds. The molecule has 1 aliphatic heterocycles. The minimum atomic E-state index is -0.341. The summed E-state index contributed by atoms with van der Waals surface area (Å²) in [5.74, 6) is 1.04. The molecule has 1 aromatic carbocycles. The zero-order chi connectivity index (χ0) is 20.0. The second-order valence-electron chi connectivity index (χ2n) is 7.19. The largest absolute Gasteiger partial charge is 0.497 e. The Bertz CT molecular complexity index is 662. The molecule has 1 aromatic rings. The van der Waals surface area contributed by atoms with Crippen LogP contribution in [0.25, 0.3) is 0 Å². The van der Waals surface area contributed by atoms with E-state index >= 15 is 0 Å². The maximum absolute atomic E-state index is 12.8. The van der Waals surface area contributed by atoms with E-state index in [4.69, 9.17) is 14.2 Å². The fourth-order valence-corrected chi connectivity index (χ4v) is 3.36. The van der Waals surface area contributed by atoms with Crippen LogP contribution in [-0.4, -0.2) is 64.3 Å². The third-order valence-corrected chi connectivity index (χ3v) is 4.80. The van der Waals surface area contributed by atoms with Crippen molar-refractivity contribution in [1.29, 1.82) is 0 Å². The number of carbonyl (C=O) groups excluding carboxylic acids is 2. The summed E-state index contributed by atoms with van der Waals surface area (Å²) < 4.78 is 15.8. The fourth-order valence-electron chi connectivity index (χ4n) is 3.36. The second kappa shape index (κ2) is 9.60. The summed E-state index contributed by atoms with van der Waals surface area (Å²) in [6.07, 6.45) is 0. The van der Waals surface area contributed by atoms with Gasteiger partial charge in [0, 0.05) is 44.3 Å². The van der Waals surface area contributed by atoms with Crippen molar-refractivity contribution in [3.63, 3.8) is 0 Å². The van der Waals surface area contributed by atoms with E-state index in [1.807, 2.05) is 26.0 Å². The van der Waals surface area contributed by atoms with Gasteiger partial charge in [-0.25, -0.2) is 0 Å². The van der Waals surface area contributed by atoms with Crippen molar-refractivity contribution in [2.75, 3.05) is 47.6 Å². The predicted molar refractivity (Wildman–Crippen MR) is 102 cm³/mol. The number of carbonyl (C=O) groups is 2. The van der Waals surface area contributed by atoms with E-state index in [1.165, 1.54) is 7.11 Å². The Balaban J connectivity index is 2.31. The van der Waals surface area contributed by atoms with Crippen molar-refractivity contribution in [3.8, 4) is 11.5 Å². The van der Waals surface area contributed by atoms with Gasteiger partial charge in [-0.2, -0.15) is 0 Å². The number of amides is 2. The molecule has 0 aliphatic carbocycles. The van der Waals surface area contributed by atoms with E-state index in [9.17, 15) is 9.59 Å². The number of rotatable bonds is 8. The molecule has 0 bridgehead atoms. The zero-order valence-corrected chi connectivity index (χ0v) is 16.8. The summed E-state index contributed by atoms with van der Waals surface area (Å²) in [5, 5.41) is 3.00. The Kier molecular flexibility index (Phi) is 7.47. The highest BCUT2D eigenvalue weighted by atomic mass is 16.5. The van der Waals surface area contributed by atoms with Crippen LogP contribution in [0.3, 0.4) is 0 Å². The van der Waals surface area contributed by atoms with Gasteiger partial charge in [-0.15, -0.1) is 0 Å². The predicted octanol–water partition coefficient (Wildman–Crippen LogP) is 1.66. The lowest BCUT2D eigenvalue weighted by atomic mass is 9.87. The van der Waals surface area contributed by atoms with Crippen LogP contribution < -0.4 is 14.8 Å². The summed E-state index contributed by atoms with van der Waals surface area (Å²) in [6.45, 7) is 5.53. The average Bonchev–Trinajstić information content (AvgIpc) is 3.11. The van der Waals surface area contributed by atoms with E-state index < -0.39 is 0 Å². The van der Waals surface area contributed by atoms with Crippen LogP contribution >= 0.6 is 0 Å². The highest BCUT2D eigenvalue weighted by molar-refractivity contribution is 5.84. The lowest BCUT2D eigenvalue weighted by Crippen LogP contribution is -2.37. The van der Waals surface area contributed by atoms with Crippen LogP contribution in [0.2, 0.25) is 0 Å². The smallest absolute Gasteiger partial charge is 0.248 e. The Morgan fingerprint density at radius 2 is 1.93 bits per heavy atom. The van der Waals surface area contributed by atoms with E-state index in [0.29, 0.717) is 37.1 Å². The molecule has 0 saturated carbocycles. The molecule has 1 heterocycles. The number of ether oxygens (including phenoxy) is 3. The summed E-state index contributed by atoms with van der Waals surface area (Å²) >= 11 is 0. The molecule has 2 rings (SSSR count). The molecule has 2 atom stereocenters. The van der Waals surface area contributed by atoms with Crippen molar-refractivity contribution in [1.82, 2.24) is 10.2 Å². The van der Waals surface area contributed by atoms with Gasteiger partial charge in [0.1, 0.15) is 18.1 Å². The standard InChI is InChI=1S/C20H30N2O5/c1-13(2)9-21-20(24)17-11-22(19(23)12-25-3)10-16(17)15-7-6-14(26-4)8-18(15)27-5/h6-8,13,16-17H,9-12H2,1-5H3,(H,21,24). The third kappa shape index (κ3) is 5.13. The van der Waals surface area contributed by atoms with Crippen LogP contribution in [-0.2, 0) is 14.3 Å². The van der Waals surface area contributed by atoms with Gasteiger partial charge in [-0.3, -0.25) is 9.59 Å². The maximum atomic E-state index is 12.8. The van der Waals surface area contributed by atoms with Gasteiger partial charge in [0.25, 0.3) is 0 Å². The summed E-state index contributed by atoms with van der Waals surface area (Å²) in [7, 11) is 4.68. The monoisotopic (exact) mass is 378 g/mol. The minimum absolute atomic E-state index is 0.00675. The van der Waals surface area contributed by atoms with Gasteiger partial charge in [0.15, 0.2) is 0 Å². The molecule has 150 valence electrons. The molecular weight excluding hydrogens is 348 g/mol. The van der Waals surface area contributed by atoms with Gasteiger partial charge in [0.2, 0.25) is 11.8 Å². The topological polar surface area (TPSA) is 77.1 Å². The highest BCUT2D eigenvalue weighted by Crippen LogP contribution is 2.39. The SMILES string of the molecule is COCC(=O)N1CC(C(=O)NCC(C)C)C(c2ccc(OC)cc2OC)C1. The van der Waals surface area contributed by atoms with Gasteiger partial charge >= 0.3 is 0 Å². The quantitative estimate of drug-likeness (QED) is 0.745. The zero-order valence-electron chi connectivity index (χ0n) is 16.8. The van der Waals surface area contributed by atoms with Crippen LogP contribution in [0.15, 0.2) is 18.2 Å². The van der Waals surface area contributed by atoms with Gasteiger partial charge in [0.05, 0.1) is 20.1 Å². The number of hydrogen-bond acceptors (Lipinski definition) is 5. The van der Waals surface area contributed by atoms with Crippen molar-refractivity contribution in [3.05, 3.63) is 23.8 Å². The first-order valence-electron chi connectivity index (χ1n) is 9.17. The molecule has 7 heteroatoms. The Hall–Kier alpha value is -2.28. The Morgan fingerprint density at radius 3 is 2.52 bits per heavy atom. The normalized spacial score (nSPS) is 19.3. The number of likely N-dealkylation sites (tertiary alicyclic amines) is 1. The molecule has 0 radical (unpaired) electrons. The molecule has 1 fully saturated rings. The number of benzene rings is 1. The first-order chi connectivity index (χ1) is 12.9. The van der Waals surface area contributed by atoms with Gasteiger partial charge < -0.3 is 24.4 Å². The summed E-state index contributed by atoms with van der Waals surface area (Å²) in [5.41, 5.74) is 0.899. The summed E-state index contributed by atoms with van der Waals surface area (Å²) in [4.78, 5) is 26.9. The highest BCUT2D eigenvalue weighted by Gasteiger charge is 2.41. The van der Waals surface area contributed by atoms with E-state index in [2.05, 4.69) is 5.32 Å². The fraction of sp³-hybridized carbons (Fsp3) is 0.600. The first-order valence-corrected chi connectivity index (χ1v) is 9.17. The van der Waals surface area contributed by atoms with Gasteiger partial charge in [-0.05, 0) is 12.0 Å². The van der Waals surface area contributed by atoms with Crippen molar-refractivity contribution >= 4 is 11.8 Å². The Morgan fingerprint density at radius 1 is 1.19 bits per heavy atom. The van der Waals surface area contributed by atoms with Crippen LogP contribution in [0.5, 0.6) is 11.5 Å². The van der Waals surface area contributed by atoms with Crippen LogP contribution in [0, 0.1) is 11.8 Å². The van der Waals surface area contributed by atoms with Crippen molar-refractivity contribution in [2.24, 2.45) is 11.8 Å². The maximum Gasteiger partial charge on any atom is 0.248 e. The molecule has 0 spiro atoms. The number of nitrogens with one attached hydrogen (secondary N) is 1. The van der Waals surface area contributed by atoms with Crippen LogP contribution in [0.4, 0.5) is 0 Å². The van der Waals surface area contributed by atoms with E-state index in [1.54, 1.807) is 25.2 Å². The molecule has 1 N–H and O–H groups in total. The molecule has 1 aliphatic rings. The van der Waals surface area contributed by atoms with E-state index in [0.717, 1.165) is 5.56 Å². The first kappa shape index (κ1) is 21.0. The molecule has 0 aromatic heterocycles. The lowest BCUT2D eigenvalue weighted by molar-refractivity contribution is -0.134. The van der Waals surface area contributed by atoms with Crippen molar-refractivity contribution < 1.29 is 23.8 Å². The van der Waals surface area contributed by atoms with Crippen LogP contribution in [0.1, 0.15) is 25.3 Å². The Labute approximate surface area is 161 Å². The molecule has 27 heavy (non-hydrogen) atoms. The lowest BCUT2D eigenvalue weighted by Gasteiger charge is -2.21. The number of methoxy groups -OCH3 is 3. The third-order valence-electron chi connectivity index (χ3n) is 4.80. The molecule has 7 nitrogen and oxygen atoms in total. The number of nitrogens with zero attached hydrogens (tertiary/aromatic N) is 1. The summed E-state index contributed by atoms with van der Waals surface area (Å²) in [6, 6.07) is 5.56. The molecular formula is C20H30N2O5. The number of hydrogen-bond donors (Lipinski definition) is 1. The molecule has 2 unspecified atom stereocenters. The second-order valence-corrected chi connectivity index (χ2v) is 7.19. The average molecular weight is 378 g/mol. The molecule has 1 saturated heterocycles.